The molecular weight excluding hydrogens is 422 g/mol. The summed E-state index contributed by atoms with van der Waals surface area (Å²) in [4.78, 5) is 18.2. The molecule has 0 spiro atoms. The summed E-state index contributed by atoms with van der Waals surface area (Å²) in [5.74, 6) is 1.64. The number of esters is 1. The van der Waals surface area contributed by atoms with E-state index in [1.54, 1.807) is 51.6 Å². The van der Waals surface area contributed by atoms with Gasteiger partial charge in [0.05, 0.1) is 26.4 Å². The van der Waals surface area contributed by atoms with Gasteiger partial charge in [-0.2, -0.15) is 0 Å². The van der Waals surface area contributed by atoms with Gasteiger partial charge in [-0.15, -0.1) is 0 Å². The number of carbonyl (C=O) groups excluding carboxylic acids is 1. The van der Waals surface area contributed by atoms with E-state index in [1.165, 1.54) is 0 Å². The lowest BCUT2D eigenvalue weighted by Crippen LogP contribution is -2.40. The van der Waals surface area contributed by atoms with Gasteiger partial charge in [0.25, 0.3) is 0 Å². The molecule has 2 atom stereocenters. The Morgan fingerprint density at radius 1 is 1.15 bits per heavy atom. The first-order valence-electron chi connectivity index (χ1n) is 10.7. The number of nitrogens with one attached hydrogen (secondary N) is 1. The normalized spacial score (nSPS) is 15.5. The number of methoxy groups -OCH3 is 2. The first kappa shape index (κ1) is 22.4. The van der Waals surface area contributed by atoms with Crippen molar-refractivity contribution in [1.29, 1.82) is 0 Å². The maximum absolute atomic E-state index is 11.9. The Balaban J connectivity index is 1.55. The maximum atomic E-state index is 11.9. The Bertz CT molecular complexity index is 1120. The van der Waals surface area contributed by atoms with Gasteiger partial charge in [0.2, 0.25) is 6.35 Å². The Morgan fingerprint density at radius 2 is 1.91 bits per heavy atom. The van der Waals surface area contributed by atoms with Crippen LogP contribution >= 0.6 is 0 Å². The number of ether oxygens (including phenoxy) is 3. The van der Waals surface area contributed by atoms with Crippen LogP contribution in [0.15, 0.2) is 60.8 Å². The SMILES string of the molecule is CCOC(=O)c1ccc(NC(O)N2CC(c3ccc(OC)c(OC)c3)c3cccnc32)cc1. The average molecular weight is 450 g/mol. The largest absolute Gasteiger partial charge is 0.493 e. The quantitative estimate of drug-likeness (QED) is 0.398. The van der Waals surface area contributed by atoms with Crippen molar-refractivity contribution in [3.05, 3.63) is 77.5 Å². The van der Waals surface area contributed by atoms with Crippen molar-refractivity contribution in [1.82, 2.24) is 4.98 Å². The summed E-state index contributed by atoms with van der Waals surface area (Å²) in [6.07, 6.45) is 0.696. The second-order valence-corrected chi connectivity index (χ2v) is 7.55. The van der Waals surface area contributed by atoms with Crippen molar-refractivity contribution in [3.8, 4) is 11.5 Å². The number of nitrogens with zero attached hydrogens (tertiary/aromatic N) is 2. The third-order valence-corrected chi connectivity index (χ3v) is 5.64. The molecule has 2 aromatic carbocycles. The summed E-state index contributed by atoms with van der Waals surface area (Å²) < 4.78 is 15.8. The molecule has 33 heavy (non-hydrogen) atoms. The van der Waals surface area contributed by atoms with E-state index in [0.29, 0.717) is 41.7 Å². The van der Waals surface area contributed by atoms with Crippen LogP contribution in [0.2, 0.25) is 0 Å². The number of hydrogen-bond donors (Lipinski definition) is 2. The van der Waals surface area contributed by atoms with Crippen molar-refractivity contribution >= 4 is 17.5 Å². The van der Waals surface area contributed by atoms with Gasteiger partial charge in [-0.05, 0) is 55.0 Å². The van der Waals surface area contributed by atoms with Gasteiger partial charge in [0.1, 0.15) is 5.82 Å². The Labute approximate surface area is 192 Å². The van der Waals surface area contributed by atoms with E-state index in [-0.39, 0.29) is 11.9 Å². The van der Waals surface area contributed by atoms with Crippen LogP contribution in [-0.2, 0) is 4.74 Å². The van der Waals surface area contributed by atoms with E-state index in [4.69, 9.17) is 14.2 Å². The topological polar surface area (TPSA) is 93.2 Å². The fourth-order valence-electron chi connectivity index (χ4n) is 4.02. The fraction of sp³-hybridized carbons (Fsp3) is 0.280. The van der Waals surface area contributed by atoms with Crippen molar-refractivity contribution in [3.63, 3.8) is 0 Å². The van der Waals surface area contributed by atoms with Gasteiger partial charge in [-0.25, -0.2) is 9.78 Å². The van der Waals surface area contributed by atoms with E-state index in [9.17, 15) is 9.90 Å². The van der Waals surface area contributed by atoms with Crippen LogP contribution in [0, 0.1) is 0 Å². The molecule has 0 radical (unpaired) electrons. The summed E-state index contributed by atoms with van der Waals surface area (Å²) in [7, 11) is 3.22. The molecule has 2 unspecified atom stereocenters. The summed E-state index contributed by atoms with van der Waals surface area (Å²) in [6.45, 7) is 2.61. The highest BCUT2D eigenvalue weighted by Gasteiger charge is 2.34. The van der Waals surface area contributed by atoms with Gasteiger partial charge >= 0.3 is 5.97 Å². The molecule has 2 N–H and O–H groups in total. The number of benzene rings is 2. The van der Waals surface area contributed by atoms with Crippen molar-refractivity contribution in [2.45, 2.75) is 19.2 Å². The zero-order valence-electron chi connectivity index (χ0n) is 18.8. The lowest BCUT2D eigenvalue weighted by atomic mass is 9.94. The molecule has 3 aromatic rings. The summed E-state index contributed by atoms with van der Waals surface area (Å²) in [5, 5.41) is 14.1. The molecule has 1 aromatic heterocycles. The zero-order chi connectivity index (χ0) is 23.4. The van der Waals surface area contributed by atoms with E-state index in [2.05, 4.69) is 10.3 Å². The predicted octanol–water partition coefficient (Wildman–Crippen LogP) is 3.62. The molecule has 172 valence electrons. The van der Waals surface area contributed by atoms with Crippen LogP contribution in [0.4, 0.5) is 11.5 Å². The molecule has 8 heteroatoms. The zero-order valence-corrected chi connectivity index (χ0v) is 18.8. The molecule has 0 saturated carbocycles. The predicted molar refractivity (Wildman–Crippen MR) is 125 cm³/mol. The lowest BCUT2D eigenvalue weighted by Gasteiger charge is -2.27. The minimum atomic E-state index is -1.02. The summed E-state index contributed by atoms with van der Waals surface area (Å²) >= 11 is 0. The number of carbonyl (C=O) groups is 1. The van der Waals surface area contributed by atoms with Gasteiger partial charge in [0, 0.05) is 29.9 Å². The number of hydrogen-bond acceptors (Lipinski definition) is 8. The number of anilines is 2. The minimum absolute atomic E-state index is 0.00357. The number of aliphatic hydroxyl groups is 1. The van der Waals surface area contributed by atoms with Crippen molar-refractivity contribution in [2.24, 2.45) is 0 Å². The number of aromatic nitrogens is 1. The smallest absolute Gasteiger partial charge is 0.338 e. The minimum Gasteiger partial charge on any atom is -0.493 e. The van der Waals surface area contributed by atoms with Crippen LogP contribution < -0.4 is 19.7 Å². The maximum Gasteiger partial charge on any atom is 0.338 e. The second-order valence-electron chi connectivity index (χ2n) is 7.55. The van der Waals surface area contributed by atoms with Gasteiger partial charge in [-0.3, -0.25) is 0 Å². The van der Waals surface area contributed by atoms with Crippen LogP contribution in [-0.4, -0.2) is 49.8 Å². The van der Waals surface area contributed by atoms with Crippen LogP contribution in [0.5, 0.6) is 11.5 Å². The van der Waals surface area contributed by atoms with E-state index in [0.717, 1.165) is 11.1 Å². The van der Waals surface area contributed by atoms with E-state index in [1.807, 2.05) is 35.2 Å². The van der Waals surface area contributed by atoms with E-state index < -0.39 is 6.35 Å². The van der Waals surface area contributed by atoms with Crippen LogP contribution in [0.1, 0.15) is 34.3 Å². The Morgan fingerprint density at radius 3 is 2.61 bits per heavy atom. The number of aliphatic hydroxyl groups excluding tert-OH is 1. The van der Waals surface area contributed by atoms with Crippen molar-refractivity contribution < 1.29 is 24.1 Å². The molecule has 0 bridgehead atoms. The molecule has 0 fully saturated rings. The first-order chi connectivity index (χ1) is 16.0. The van der Waals surface area contributed by atoms with Crippen LogP contribution in [0.3, 0.4) is 0 Å². The Hall–Kier alpha value is -3.78. The highest BCUT2D eigenvalue weighted by molar-refractivity contribution is 5.89. The second kappa shape index (κ2) is 9.79. The summed E-state index contributed by atoms with van der Waals surface area (Å²) in [6, 6.07) is 16.5. The fourth-order valence-corrected chi connectivity index (χ4v) is 4.02. The van der Waals surface area contributed by atoms with Gasteiger partial charge < -0.3 is 29.5 Å². The molecule has 0 saturated heterocycles. The van der Waals surface area contributed by atoms with E-state index >= 15 is 0 Å². The monoisotopic (exact) mass is 449 g/mol. The molecule has 0 amide bonds. The molecule has 2 heterocycles. The molecule has 1 aliphatic heterocycles. The molecule has 1 aliphatic rings. The molecule has 4 rings (SSSR count). The van der Waals surface area contributed by atoms with Crippen LogP contribution in [0.25, 0.3) is 0 Å². The number of rotatable bonds is 8. The van der Waals surface area contributed by atoms with Gasteiger partial charge in [0.15, 0.2) is 11.5 Å². The number of pyridine rings is 1. The van der Waals surface area contributed by atoms with Gasteiger partial charge in [-0.1, -0.05) is 12.1 Å². The third-order valence-electron chi connectivity index (χ3n) is 5.64. The molecule has 0 aliphatic carbocycles. The first-order valence-corrected chi connectivity index (χ1v) is 10.7. The Kier molecular flexibility index (Phi) is 6.65. The molecule has 8 nitrogen and oxygen atoms in total. The number of fused-ring (bicyclic) bond motifs is 1. The highest BCUT2D eigenvalue weighted by atomic mass is 16.5. The summed E-state index contributed by atoms with van der Waals surface area (Å²) in [5.41, 5.74) is 3.18. The molecular formula is C25H27N3O5. The van der Waals surface area contributed by atoms with Crippen molar-refractivity contribution in [2.75, 3.05) is 37.6 Å². The highest BCUT2D eigenvalue weighted by Crippen LogP contribution is 2.41. The average Bonchev–Trinajstić information content (AvgIpc) is 3.24. The lowest BCUT2D eigenvalue weighted by molar-refractivity contribution is 0.0526. The standard InChI is InChI=1S/C25H27N3O5/c1-4-33-24(29)16-7-10-18(11-8-16)27-25(30)28-15-20(19-6-5-13-26-23(19)28)17-9-12-21(31-2)22(14-17)32-3/h5-14,20,25,27,30H,4,15H2,1-3H3. The third kappa shape index (κ3) is 4.56.